The van der Waals surface area contributed by atoms with Gasteiger partial charge in [-0.2, -0.15) is 0 Å². The molecule has 8 heteroatoms. The molecule has 1 saturated heterocycles. The third kappa shape index (κ3) is 7.42. The number of nitrogens with one attached hydrogen (secondary N) is 1. The number of anilines is 1. The number of thiazole rings is 1. The Balaban J connectivity index is 0.00000200. The molecule has 0 radical (unpaired) electrons. The lowest BCUT2D eigenvalue weighted by Gasteiger charge is -2.25. The van der Waals surface area contributed by atoms with E-state index in [-0.39, 0.29) is 36.8 Å². The molecule has 122 valence electrons. The second kappa shape index (κ2) is 10.3. The van der Waals surface area contributed by atoms with Crippen LogP contribution in [-0.2, 0) is 11.3 Å². The Morgan fingerprint density at radius 1 is 1.43 bits per heavy atom. The predicted molar refractivity (Wildman–Crippen MR) is 92.6 cm³/mol. The van der Waals surface area contributed by atoms with Crippen LogP contribution >= 0.6 is 36.2 Å². The fourth-order valence-electron chi connectivity index (χ4n) is 2.25. The Bertz CT molecular complexity index is 422. The summed E-state index contributed by atoms with van der Waals surface area (Å²) in [6.07, 6.45) is 4.23. The standard InChI is InChI=1S/C13H22N4OS.2ClH/c1-10(14)7-12(18)16-13-15-11(9-19-13)8-17-5-3-2-4-6-17;;/h9-10H,2-8,14H2,1H3,(H,15,16,18);2*1H. The third-order valence-corrected chi connectivity index (χ3v) is 3.95. The van der Waals surface area contributed by atoms with Gasteiger partial charge in [0.1, 0.15) is 0 Å². The van der Waals surface area contributed by atoms with Gasteiger partial charge in [-0.1, -0.05) is 6.42 Å². The molecule has 0 aliphatic carbocycles. The second-order valence-corrected chi connectivity index (χ2v) is 6.07. The number of likely N-dealkylation sites (tertiary alicyclic amines) is 1. The Morgan fingerprint density at radius 2 is 2.10 bits per heavy atom. The summed E-state index contributed by atoms with van der Waals surface area (Å²) in [4.78, 5) is 18.5. The smallest absolute Gasteiger partial charge is 0.227 e. The Morgan fingerprint density at radius 3 is 2.71 bits per heavy atom. The summed E-state index contributed by atoms with van der Waals surface area (Å²) in [7, 11) is 0. The monoisotopic (exact) mass is 354 g/mol. The van der Waals surface area contributed by atoms with Gasteiger partial charge < -0.3 is 11.1 Å². The largest absolute Gasteiger partial charge is 0.327 e. The molecule has 0 spiro atoms. The Labute approximate surface area is 142 Å². The number of halogens is 2. The van der Waals surface area contributed by atoms with Crippen LogP contribution < -0.4 is 11.1 Å². The maximum atomic E-state index is 11.6. The van der Waals surface area contributed by atoms with Crippen molar-refractivity contribution in [2.75, 3.05) is 18.4 Å². The van der Waals surface area contributed by atoms with Crippen LogP contribution in [0.15, 0.2) is 5.38 Å². The van der Waals surface area contributed by atoms with Gasteiger partial charge in [-0.05, 0) is 32.9 Å². The summed E-state index contributed by atoms with van der Waals surface area (Å²) >= 11 is 1.48. The van der Waals surface area contributed by atoms with Gasteiger partial charge in [-0.3, -0.25) is 9.69 Å². The van der Waals surface area contributed by atoms with Crippen LogP contribution in [0.1, 0.15) is 38.3 Å². The van der Waals surface area contributed by atoms with E-state index in [9.17, 15) is 4.79 Å². The number of amides is 1. The lowest BCUT2D eigenvalue weighted by atomic mass is 10.1. The van der Waals surface area contributed by atoms with Crippen molar-refractivity contribution in [3.05, 3.63) is 11.1 Å². The SMILES string of the molecule is CC(N)CC(=O)Nc1nc(CN2CCCCC2)cs1.Cl.Cl. The molecule has 0 bridgehead atoms. The van der Waals surface area contributed by atoms with Crippen molar-refractivity contribution in [3.8, 4) is 0 Å². The number of nitrogens with two attached hydrogens (primary N) is 1. The number of hydrogen-bond acceptors (Lipinski definition) is 5. The highest BCUT2D eigenvalue weighted by Crippen LogP contribution is 2.19. The van der Waals surface area contributed by atoms with E-state index in [2.05, 4.69) is 15.2 Å². The highest BCUT2D eigenvalue weighted by atomic mass is 35.5. The van der Waals surface area contributed by atoms with Gasteiger partial charge in [-0.25, -0.2) is 4.98 Å². The van der Waals surface area contributed by atoms with Gasteiger partial charge in [0.25, 0.3) is 0 Å². The molecule has 1 aromatic heterocycles. The summed E-state index contributed by atoms with van der Waals surface area (Å²) < 4.78 is 0. The van der Waals surface area contributed by atoms with Crippen molar-refractivity contribution in [1.29, 1.82) is 0 Å². The van der Waals surface area contributed by atoms with E-state index < -0.39 is 0 Å². The molecule has 3 N–H and O–H groups in total. The van der Waals surface area contributed by atoms with Crippen LogP contribution in [-0.4, -0.2) is 34.9 Å². The lowest BCUT2D eigenvalue weighted by Crippen LogP contribution is -2.29. The van der Waals surface area contributed by atoms with E-state index in [0.717, 1.165) is 25.3 Å². The lowest BCUT2D eigenvalue weighted by molar-refractivity contribution is -0.116. The maximum absolute atomic E-state index is 11.6. The number of rotatable bonds is 5. The van der Waals surface area contributed by atoms with Crippen molar-refractivity contribution < 1.29 is 4.79 Å². The molecule has 5 nitrogen and oxygen atoms in total. The zero-order valence-electron chi connectivity index (χ0n) is 12.2. The molecule has 0 aromatic carbocycles. The minimum atomic E-state index is -0.118. The summed E-state index contributed by atoms with van der Waals surface area (Å²) in [6, 6.07) is -0.118. The maximum Gasteiger partial charge on any atom is 0.227 e. The van der Waals surface area contributed by atoms with Crippen molar-refractivity contribution >= 4 is 47.2 Å². The average molecular weight is 355 g/mol. The van der Waals surface area contributed by atoms with E-state index >= 15 is 0 Å². The first-order valence-corrected chi connectivity index (χ1v) is 7.73. The molecule has 1 aliphatic rings. The van der Waals surface area contributed by atoms with Gasteiger partial charge in [0, 0.05) is 24.4 Å². The van der Waals surface area contributed by atoms with E-state index in [1.807, 2.05) is 12.3 Å². The molecule has 21 heavy (non-hydrogen) atoms. The molecule has 1 aliphatic heterocycles. The number of piperidine rings is 1. The Kier molecular flexibility index (Phi) is 10.1. The molecule has 1 amide bonds. The fraction of sp³-hybridized carbons (Fsp3) is 0.692. The van der Waals surface area contributed by atoms with E-state index in [4.69, 9.17) is 5.73 Å². The van der Waals surface area contributed by atoms with Gasteiger partial charge in [0.15, 0.2) is 5.13 Å². The first-order valence-electron chi connectivity index (χ1n) is 6.85. The summed E-state index contributed by atoms with van der Waals surface area (Å²) in [6.45, 7) is 5.02. The number of carbonyl (C=O) groups excluding carboxylic acids is 1. The van der Waals surface area contributed by atoms with Crippen LogP contribution in [0, 0.1) is 0 Å². The molecule has 1 fully saturated rings. The predicted octanol–water partition coefficient (Wildman–Crippen LogP) is 2.65. The van der Waals surface area contributed by atoms with Crippen LogP contribution in [0.2, 0.25) is 0 Å². The molecular formula is C13H24Cl2N4OS. The molecule has 1 aromatic rings. The van der Waals surface area contributed by atoms with Crippen molar-refractivity contribution in [1.82, 2.24) is 9.88 Å². The first kappa shape index (κ1) is 20.6. The third-order valence-electron chi connectivity index (χ3n) is 3.14. The van der Waals surface area contributed by atoms with Gasteiger partial charge >= 0.3 is 0 Å². The molecule has 1 unspecified atom stereocenters. The van der Waals surface area contributed by atoms with Gasteiger partial charge in [0.05, 0.1) is 5.69 Å². The van der Waals surface area contributed by atoms with Crippen molar-refractivity contribution in [2.24, 2.45) is 5.73 Å². The fourth-order valence-corrected chi connectivity index (χ4v) is 2.96. The highest BCUT2D eigenvalue weighted by Gasteiger charge is 2.13. The molecule has 0 saturated carbocycles. The van der Waals surface area contributed by atoms with Crippen LogP contribution in [0.25, 0.3) is 0 Å². The zero-order chi connectivity index (χ0) is 13.7. The minimum Gasteiger partial charge on any atom is -0.327 e. The van der Waals surface area contributed by atoms with Crippen molar-refractivity contribution in [2.45, 2.75) is 45.2 Å². The topological polar surface area (TPSA) is 71.2 Å². The quantitative estimate of drug-likeness (QED) is 0.852. The summed E-state index contributed by atoms with van der Waals surface area (Å²) in [5.41, 5.74) is 6.64. The number of carbonyl (C=O) groups is 1. The summed E-state index contributed by atoms with van der Waals surface area (Å²) in [5, 5.41) is 5.50. The number of hydrogen-bond donors (Lipinski definition) is 2. The normalized spacial score (nSPS) is 16.5. The first-order chi connectivity index (χ1) is 9.13. The molecule has 1 atom stereocenters. The number of aromatic nitrogens is 1. The van der Waals surface area contributed by atoms with Gasteiger partial charge in [0.2, 0.25) is 5.91 Å². The molecule has 2 heterocycles. The second-order valence-electron chi connectivity index (χ2n) is 5.21. The average Bonchev–Trinajstić information content (AvgIpc) is 2.76. The van der Waals surface area contributed by atoms with Crippen molar-refractivity contribution in [3.63, 3.8) is 0 Å². The van der Waals surface area contributed by atoms with Crippen LogP contribution in [0.5, 0.6) is 0 Å². The highest BCUT2D eigenvalue weighted by molar-refractivity contribution is 7.13. The van der Waals surface area contributed by atoms with Crippen LogP contribution in [0.3, 0.4) is 0 Å². The zero-order valence-corrected chi connectivity index (χ0v) is 14.7. The van der Waals surface area contributed by atoms with E-state index in [1.54, 1.807) is 0 Å². The minimum absolute atomic E-state index is 0. The number of nitrogens with zero attached hydrogens (tertiary/aromatic N) is 2. The Hall–Kier alpha value is -0.400. The van der Waals surface area contributed by atoms with E-state index in [0.29, 0.717) is 11.6 Å². The van der Waals surface area contributed by atoms with Crippen LogP contribution in [0.4, 0.5) is 5.13 Å². The van der Waals surface area contributed by atoms with E-state index in [1.165, 1.54) is 30.6 Å². The van der Waals surface area contributed by atoms with Gasteiger partial charge in [-0.15, -0.1) is 36.2 Å². The molecule has 2 rings (SSSR count). The summed E-state index contributed by atoms with van der Waals surface area (Å²) in [5.74, 6) is -0.0612. The molecular weight excluding hydrogens is 331 g/mol.